The number of aromatic nitrogens is 2. The quantitative estimate of drug-likeness (QED) is 0.647. The molecule has 24 heavy (non-hydrogen) atoms. The number of carbonyl (C=O) groups is 1. The van der Waals surface area contributed by atoms with E-state index in [1.807, 2.05) is 30.3 Å². The summed E-state index contributed by atoms with van der Waals surface area (Å²) in [6, 6.07) is 13.0. The topological polar surface area (TPSA) is 74.5 Å². The summed E-state index contributed by atoms with van der Waals surface area (Å²) in [4.78, 5) is 15.6. The first kappa shape index (κ1) is 15.7. The number of aldehydes is 1. The molecular weight excluding hydrogens is 308 g/mol. The molecule has 0 N–H and O–H groups in total. The average molecular weight is 324 g/mol. The van der Waals surface area contributed by atoms with Gasteiger partial charge in [0.25, 0.3) is 0 Å². The summed E-state index contributed by atoms with van der Waals surface area (Å²) in [6.45, 7) is 2.06. The number of aryl methyl sites for hydroxylation is 1. The first-order valence-electron chi connectivity index (χ1n) is 7.36. The van der Waals surface area contributed by atoms with Crippen LogP contribution in [0.1, 0.15) is 21.8 Å². The maximum Gasteiger partial charge on any atom is 0.223 e. The third-order valence-corrected chi connectivity index (χ3v) is 3.47. The first-order chi connectivity index (χ1) is 11.7. The fourth-order valence-electron chi connectivity index (χ4n) is 2.28. The molecule has 0 fully saturated rings. The van der Waals surface area contributed by atoms with E-state index in [9.17, 15) is 4.79 Å². The number of hydrogen-bond donors (Lipinski definition) is 0. The van der Waals surface area contributed by atoms with Gasteiger partial charge in [-0.3, -0.25) is 4.79 Å². The lowest BCUT2D eigenvalue weighted by Gasteiger charge is -2.13. The van der Waals surface area contributed by atoms with Crippen LogP contribution in [0.3, 0.4) is 0 Å². The molecule has 0 aliphatic carbocycles. The molecule has 0 aliphatic rings. The van der Waals surface area contributed by atoms with Crippen LogP contribution in [0.5, 0.6) is 11.5 Å². The van der Waals surface area contributed by atoms with Crippen molar-refractivity contribution in [2.45, 2.75) is 13.5 Å². The van der Waals surface area contributed by atoms with Gasteiger partial charge in [-0.05, 0) is 17.7 Å². The second-order valence-electron chi connectivity index (χ2n) is 5.12. The number of rotatable bonds is 6. The molecule has 3 rings (SSSR count). The van der Waals surface area contributed by atoms with Crippen LogP contribution in [0, 0.1) is 6.92 Å². The standard InChI is InChI=1S/C18H16N2O4/c1-12-19-18(20-24-12)15-9-16(22-2)17(8-14(15)10-21)23-11-13-6-4-3-5-7-13/h3-10H,11H2,1-2H3. The largest absolute Gasteiger partial charge is 0.493 e. The van der Waals surface area contributed by atoms with Crippen molar-refractivity contribution in [3.63, 3.8) is 0 Å². The lowest BCUT2D eigenvalue weighted by Crippen LogP contribution is -2.00. The zero-order chi connectivity index (χ0) is 16.9. The van der Waals surface area contributed by atoms with Crippen LogP contribution in [0.2, 0.25) is 0 Å². The third-order valence-electron chi connectivity index (χ3n) is 3.47. The Kier molecular flexibility index (Phi) is 4.56. The van der Waals surface area contributed by atoms with Crippen molar-refractivity contribution in [2.24, 2.45) is 0 Å². The van der Waals surface area contributed by atoms with Gasteiger partial charge in [-0.25, -0.2) is 0 Å². The van der Waals surface area contributed by atoms with Gasteiger partial charge >= 0.3 is 0 Å². The van der Waals surface area contributed by atoms with Gasteiger partial charge in [0, 0.05) is 18.1 Å². The number of ether oxygens (including phenoxy) is 2. The van der Waals surface area contributed by atoms with E-state index in [1.54, 1.807) is 19.1 Å². The maximum absolute atomic E-state index is 11.5. The Morgan fingerprint density at radius 1 is 1.17 bits per heavy atom. The molecule has 3 aromatic rings. The molecule has 0 amide bonds. The van der Waals surface area contributed by atoms with Crippen molar-refractivity contribution in [2.75, 3.05) is 7.11 Å². The van der Waals surface area contributed by atoms with Crippen molar-refractivity contribution >= 4 is 6.29 Å². The fourth-order valence-corrected chi connectivity index (χ4v) is 2.28. The highest BCUT2D eigenvalue weighted by molar-refractivity contribution is 5.87. The molecule has 0 bridgehead atoms. The molecule has 0 aliphatic heterocycles. The van der Waals surface area contributed by atoms with Crippen LogP contribution in [-0.4, -0.2) is 23.5 Å². The maximum atomic E-state index is 11.5. The summed E-state index contributed by atoms with van der Waals surface area (Å²) in [5, 5.41) is 3.85. The Morgan fingerprint density at radius 3 is 2.58 bits per heavy atom. The van der Waals surface area contributed by atoms with Gasteiger partial charge in [-0.1, -0.05) is 35.5 Å². The highest BCUT2D eigenvalue weighted by atomic mass is 16.5. The lowest BCUT2D eigenvalue weighted by molar-refractivity contribution is 0.112. The summed E-state index contributed by atoms with van der Waals surface area (Å²) >= 11 is 0. The molecule has 2 aromatic carbocycles. The number of benzene rings is 2. The van der Waals surface area contributed by atoms with E-state index in [1.165, 1.54) is 7.11 Å². The van der Waals surface area contributed by atoms with Crippen LogP contribution < -0.4 is 9.47 Å². The van der Waals surface area contributed by atoms with E-state index in [-0.39, 0.29) is 0 Å². The molecule has 1 aromatic heterocycles. The van der Waals surface area contributed by atoms with Crippen LogP contribution in [0.25, 0.3) is 11.4 Å². The molecule has 6 heteroatoms. The third kappa shape index (κ3) is 3.27. The van der Waals surface area contributed by atoms with Gasteiger partial charge in [0.2, 0.25) is 11.7 Å². The molecule has 1 heterocycles. The van der Waals surface area contributed by atoms with Crippen molar-refractivity contribution in [1.82, 2.24) is 10.1 Å². The van der Waals surface area contributed by atoms with E-state index in [0.29, 0.717) is 40.9 Å². The van der Waals surface area contributed by atoms with Gasteiger partial charge in [-0.15, -0.1) is 0 Å². The summed E-state index contributed by atoms with van der Waals surface area (Å²) in [5.41, 5.74) is 1.95. The number of methoxy groups -OCH3 is 1. The summed E-state index contributed by atoms with van der Waals surface area (Å²) in [7, 11) is 1.54. The second-order valence-corrected chi connectivity index (χ2v) is 5.12. The van der Waals surface area contributed by atoms with Crippen molar-refractivity contribution in [3.05, 3.63) is 59.5 Å². The minimum atomic E-state index is 0.336. The van der Waals surface area contributed by atoms with Gasteiger partial charge in [0.05, 0.1) is 7.11 Å². The predicted octanol–water partition coefficient (Wildman–Crippen LogP) is 3.45. The Morgan fingerprint density at radius 2 is 1.96 bits per heavy atom. The van der Waals surface area contributed by atoms with Gasteiger partial charge in [0.1, 0.15) is 6.61 Å². The monoisotopic (exact) mass is 324 g/mol. The highest BCUT2D eigenvalue weighted by Gasteiger charge is 2.16. The Labute approximate surface area is 139 Å². The summed E-state index contributed by atoms with van der Waals surface area (Å²) in [5.74, 6) is 1.73. The Hall–Kier alpha value is -3.15. The second kappa shape index (κ2) is 6.95. The molecule has 0 spiro atoms. The average Bonchev–Trinajstić information content (AvgIpc) is 3.06. The minimum Gasteiger partial charge on any atom is -0.493 e. The predicted molar refractivity (Wildman–Crippen MR) is 87.2 cm³/mol. The van der Waals surface area contributed by atoms with Crippen LogP contribution in [0.15, 0.2) is 47.0 Å². The molecular formula is C18H16N2O4. The first-order valence-corrected chi connectivity index (χ1v) is 7.36. The van der Waals surface area contributed by atoms with Gasteiger partial charge in [0.15, 0.2) is 17.8 Å². The zero-order valence-electron chi connectivity index (χ0n) is 13.4. The molecule has 6 nitrogen and oxygen atoms in total. The molecule has 0 unspecified atom stereocenters. The summed E-state index contributed by atoms with van der Waals surface area (Å²) < 4.78 is 16.2. The molecule has 122 valence electrons. The van der Waals surface area contributed by atoms with Gasteiger partial charge < -0.3 is 14.0 Å². The van der Waals surface area contributed by atoms with Crippen LogP contribution >= 0.6 is 0 Å². The van der Waals surface area contributed by atoms with E-state index in [2.05, 4.69) is 10.1 Å². The van der Waals surface area contributed by atoms with Crippen LogP contribution in [-0.2, 0) is 6.61 Å². The SMILES string of the molecule is COc1cc(-c2noc(C)n2)c(C=O)cc1OCc1ccccc1. The number of nitrogens with zero attached hydrogens (tertiary/aromatic N) is 2. The fraction of sp³-hybridized carbons (Fsp3) is 0.167. The molecule has 0 atom stereocenters. The molecule has 0 saturated heterocycles. The van der Waals surface area contributed by atoms with E-state index in [4.69, 9.17) is 14.0 Å². The summed E-state index contributed by atoms with van der Waals surface area (Å²) in [6.07, 6.45) is 0.732. The molecule has 0 saturated carbocycles. The lowest BCUT2D eigenvalue weighted by atomic mass is 10.1. The zero-order valence-corrected chi connectivity index (χ0v) is 13.4. The van der Waals surface area contributed by atoms with E-state index >= 15 is 0 Å². The Balaban J connectivity index is 1.93. The van der Waals surface area contributed by atoms with Crippen molar-refractivity contribution < 1.29 is 18.8 Å². The normalized spacial score (nSPS) is 10.4. The van der Waals surface area contributed by atoms with Gasteiger partial charge in [-0.2, -0.15) is 4.98 Å². The van der Waals surface area contributed by atoms with Crippen LogP contribution in [0.4, 0.5) is 0 Å². The van der Waals surface area contributed by atoms with Crippen molar-refractivity contribution in [3.8, 4) is 22.9 Å². The van der Waals surface area contributed by atoms with E-state index < -0.39 is 0 Å². The van der Waals surface area contributed by atoms with E-state index in [0.717, 1.165) is 11.8 Å². The smallest absolute Gasteiger partial charge is 0.223 e. The number of hydrogen-bond acceptors (Lipinski definition) is 6. The van der Waals surface area contributed by atoms with Crippen molar-refractivity contribution in [1.29, 1.82) is 0 Å². The molecule has 0 radical (unpaired) electrons. The number of carbonyl (C=O) groups excluding carboxylic acids is 1. The Bertz CT molecular complexity index is 843. The minimum absolute atomic E-state index is 0.336. The highest BCUT2D eigenvalue weighted by Crippen LogP contribution is 2.34.